The summed E-state index contributed by atoms with van der Waals surface area (Å²) >= 11 is 6.17. The fraction of sp³-hybridized carbons (Fsp3) is 0.455. The molecule has 0 aliphatic heterocycles. The number of likely N-dealkylation sites (N-methyl/N-ethyl adjacent to an activating group) is 1. The Kier molecular flexibility index (Phi) is 4.98. The second kappa shape index (κ2) is 5.82. The van der Waals surface area contributed by atoms with Crippen LogP contribution < -0.4 is 5.73 Å². The van der Waals surface area contributed by atoms with Crippen molar-refractivity contribution in [2.75, 3.05) is 25.9 Å². The van der Waals surface area contributed by atoms with Crippen molar-refractivity contribution in [3.63, 3.8) is 0 Å². The Morgan fingerprint density at radius 3 is 2.69 bits per heavy atom. The van der Waals surface area contributed by atoms with Crippen molar-refractivity contribution >= 4 is 30.1 Å². The average Bonchev–Trinajstić information content (AvgIpc) is 2.21. The van der Waals surface area contributed by atoms with Gasteiger partial charge in [0.15, 0.2) is 0 Å². The van der Waals surface area contributed by atoms with Gasteiger partial charge in [-0.3, -0.25) is 4.90 Å². The predicted molar refractivity (Wildman–Crippen MR) is 73.8 cm³/mol. The van der Waals surface area contributed by atoms with E-state index in [1.54, 1.807) is 11.8 Å². The fourth-order valence-electron chi connectivity index (χ4n) is 1.22. The number of thiol groups is 1. The van der Waals surface area contributed by atoms with Gasteiger partial charge in [0.1, 0.15) is 4.20 Å². The van der Waals surface area contributed by atoms with Crippen LogP contribution in [0.15, 0.2) is 29.2 Å². The molecule has 90 valence electrons. The second-order valence-electron chi connectivity index (χ2n) is 3.72. The number of hydrogen-bond donors (Lipinski definition) is 3. The van der Waals surface area contributed by atoms with Crippen LogP contribution in [0.4, 0.5) is 5.69 Å². The molecule has 0 amide bonds. The summed E-state index contributed by atoms with van der Waals surface area (Å²) in [7, 11) is 1.93. The highest BCUT2D eigenvalue weighted by molar-refractivity contribution is 8.11. The lowest BCUT2D eigenvalue weighted by atomic mass is 10.3. The highest BCUT2D eigenvalue weighted by Crippen LogP contribution is 2.40. The third-order valence-electron chi connectivity index (χ3n) is 2.37. The number of rotatable bonds is 5. The summed E-state index contributed by atoms with van der Waals surface area (Å²) in [6.45, 7) is 2.69. The number of thioether (sulfide) groups is 1. The van der Waals surface area contributed by atoms with Crippen molar-refractivity contribution < 1.29 is 5.11 Å². The van der Waals surface area contributed by atoms with E-state index in [2.05, 4.69) is 12.6 Å². The van der Waals surface area contributed by atoms with Gasteiger partial charge in [0.2, 0.25) is 0 Å². The number of aliphatic hydroxyl groups excluding tert-OH is 1. The molecule has 1 aromatic rings. The SMILES string of the molecule is CN(CCO)C(C)(S)Sc1ccccc1N. The first-order chi connectivity index (χ1) is 7.47. The Morgan fingerprint density at radius 1 is 1.50 bits per heavy atom. The molecule has 0 heterocycles. The maximum Gasteiger partial charge on any atom is 0.113 e. The van der Waals surface area contributed by atoms with Crippen LogP contribution >= 0.6 is 24.4 Å². The summed E-state index contributed by atoms with van der Waals surface area (Å²) in [4.78, 5) is 2.98. The molecule has 1 rings (SSSR count). The summed E-state index contributed by atoms with van der Waals surface area (Å²) in [6.07, 6.45) is 0. The van der Waals surface area contributed by atoms with Crippen LogP contribution in [0.25, 0.3) is 0 Å². The molecule has 1 unspecified atom stereocenters. The summed E-state index contributed by atoms with van der Waals surface area (Å²) in [6, 6.07) is 7.71. The molecule has 1 atom stereocenters. The minimum Gasteiger partial charge on any atom is -0.398 e. The first-order valence-corrected chi connectivity index (χ1v) is 6.31. The molecule has 0 aromatic heterocycles. The van der Waals surface area contributed by atoms with E-state index in [0.717, 1.165) is 10.6 Å². The average molecular weight is 258 g/mol. The van der Waals surface area contributed by atoms with E-state index in [0.29, 0.717) is 6.54 Å². The number of para-hydroxylation sites is 1. The molecule has 0 radical (unpaired) electrons. The molecule has 0 spiro atoms. The molecule has 0 fully saturated rings. The molecular formula is C11H18N2OS2. The number of nitrogen functional groups attached to an aromatic ring is 1. The lowest BCUT2D eigenvalue weighted by molar-refractivity contribution is 0.209. The van der Waals surface area contributed by atoms with Crippen LogP contribution in [0.3, 0.4) is 0 Å². The van der Waals surface area contributed by atoms with E-state index in [-0.39, 0.29) is 6.61 Å². The topological polar surface area (TPSA) is 49.5 Å². The molecule has 0 saturated carbocycles. The number of nitrogens with zero attached hydrogens (tertiary/aromatic N) is 1. The van der Waals surface area contributed by atoms with Crippen molar-refractivity contribution in [1.29, 1.82) is 0 Å². The largest absolute Gasteiger partial charge is 0.398 e. The predicted octanol–water partition coefficient (Wildman–Crippen LogP) is 1.89. The molecular weight excluding hydrogens is 240 g/mol. The van der Waals surface area contributed by atoms with Gasteiger partial charge in [-0.15, -0.1) is 12.6 Å². The molecule has 0 aliphatic rings. The minimum absolute atomic E-state index is 0.123. The summed E-state index contributed by atoms with van der Waals surface area (Å²) in [5, 5.41) is 8.91. The van der Waals surface area contributed by atoms with Crippen molar-refractivity contribution in [3.8, 4) is 0 Å². The standard InChI is InChI=1S/C11H18N2OS2/c1-11(15,13(2)7-8-14)16-10-6-4-3-5-9(10)12/h3-6,14-15H,7-8,12H2,1-2H3. The van der Waals surface area contributed by atoms with E-state index in [9.17, 15) is 0 Å². The third kappa shape index (κ3) is 3.59. The molecule has 5 heteroatoms. The first kappa shape index (κ1) is 13.7. The van der Waals surface area contributed by atoms with E-state index < -0.39 is 4.20 Å². The van der Waals surface area contributed by atoms with Crippen LogP contribution in [0.2, 0.25) is 0 Å². The van der Waals surface area contributed by atoms with Gasteiger partial charge >= 0.3 is 0 Å². The highest BCUT2D eigenvalue weighted by Gasteiger charge is 2.26. The van der Waals surface area contributed by atoms with E-state index in [4.69, 9.17) is 10.8 Å². The van der Waals surface area contributed by atoms with Crippen molar-refractivity contribution in [2.45, 2.75) is 16.0 Å². The number of nitrogens with two attached hydrogens (primary N) is 1. The third-order valence-corrected chi connectivity index (χ3v) is 4.27. The fourth-order valence-corrected chi connectivity index (χ4v) is 2.61. The Bertz CT molecular complexity index is 345. The maximum absolute atomic E-state index is 8.91. The van der Waals surface area contributed by atoms with Gasteiger partial charge in [0, 0.05) is 17.1 Å². The highest BCUT2D eigenvalue weighted by atomic mass is 32.2. The van der Waals surface area contributed by atoms with Gasteiger partial charge in [-0.25, -0.2) is 0 Å². The summed E-state index contributed by atoms with van der Waals surface area (Å²) < 4.78 is -0.391. The molecule has 3 nitrogen and oxygen atoms in total. The molecule has 0 bridgehead atoms. The lowest BCUT2D eigenvalue weighted by Crippen LogP contribution is -2.37. The van der Waals surface area contributed by atoms with Crippen LogP contribution in [0.1, 0.15) is 6.92 Å². The van der Waals surface area contributed by atoms with Gasteiger partial charge in [-0.2, -0.15) is 0 Å². The van der Waals surface area contributed by atoms with Gasteiger partial charge < -0.3 is 10.8 Å². The van der Waals surface area contributed by atoms with Gasteiger partial charge in [-0.05, 0) is 26.1 Å². The Morgan fingerprint density at radius 2 is 2.12 bits per heavy atom. The Balaban J connectivity index is 2.76. The number of aliphatic hydroxyl groups is 1. The van der Waals surface area contributed by atoms with Crippen molar-refractivity contribution in [3.05, 3.63) is 24.3 Å². The van der Waals surface area contributed by atoms with Crippen LogP contribution in [-0.4, -0.2) is 34.4 Å². The van der Waals surface area contributed by atoms with Crippen LogP contribution in [0.5, 0.6) is 0 Å². The van der Waals surface area contributed by atoms with Gasteiger partial charge in [0.25, 0.3) is 0 Å². The van der Waals surface area contributed by atoms with Gasteiger partial charge in [-0.1, -0.05) is 23.9 Å². The number of hydrogen-bond acceptors (Lipinski definition) is 5. The zero-order chi connectivity index (χ0) is 12.2. The molecule has 1 aromatic carbocycles. The zero-order valence-electron chi connectivity index (χ0n) is 9.55. The summed E-state index contributed by atoms with van der Waals surface area (Å²) in [5.74, 6) is 0. The van der Waals surface area contributed by atoms with Crippen LogP contribution in [0, 0.1) is 0 Å². The second-order valence-corrected chi connectivity index (χ2v) is 6.33. The monoisotopic (exact) mass is 258 g/mol. The van der Waals surface area contributed by atoms with Crippen molar-refractivity contribution in [1.82, 2.24) is 4.90 Å². The molecule has 3 N–H and O–H groups in total. The normalized spacial score (nSPS) is 15.1. The minimum atomic E-state index is -0.391. The number of benzene rings is 1. The zero-order valence-corrected chi connectivity index (χ0v) is 11.3. The Labute approximate surface area is 106 Å². The van der Waals surface area contributed by atoms with E-state index in [1.165, 1.54) is 0 Å². The molecule has 0 aliphatic carbocycles. The van der Waals surface area contributed by atoms with E-state index in [1.807, 2.05) is 43.1 Å². The maximum atomic E-state index is 8.91. The van der Waals surface area contributed by atoms with E-state index >= 15 is 0 Å². The molecule has 16 heavy (non-hydrogen) atoms. The van der Waals surface area contributed by atoms with Crippen LogP contribution in [-0.2, 0) is 0 Å². The lowest BCUT2D eigenvalue weighted by Gasteiger charge is -2.33. The Hall–Kier alpha value is -0.360. The van der Waals surface area contributed by atoms with Crippen molar-refractivity contribution in [2.24, 2.45) is 0 Å². The van der Waals surface area contributed by atoms with Gasteiger partial charge in [0.05, 0.1) is 6.61 Å². The summed E-state index contributed by atoms with van der Waals surface area (Å²) in [5.41, 5.74) is 6.63. The quantitative estimate of drug-likeness (QED) is 0.327. The smallest absolute Gasteiger partial charge is 0.113 e. The molecule has 0 saturated heterocycles. The first-order valence-electron chi connectivity index (χ1n) is 5.05. The number of anilines is 1.